The standard InChI is InChI=1S/C19H22N2O4S/c1-3-14-6-4-5-7-18(14)26(23,24)20-17-12-13-21(19(17)22)15-8-10-16(25-2)11-9-15/h4-11,17,20H,3,12-13H2,1-2H3/t17-/m0/s1. The van der Waals surface area contributed by atoms with Crippen LogP contribution in [0, 0.1) is 0 Å². The minimum Gasteiger partial charge on any atom is -0.497 e. The first-order valence-corrected chi connectivity index (χ1v) is 10.00. The maximum atomic E-state index is 12.7. The third-order valence-corrected chi connectivity index (χ3v) is 6.10. The van der Waals surface area contributed by atoms with Gasteiger partial charge in [0.15, 0.2) is 0 Å². The summed E-state index contributed by atoms with van der Waals surface area (Å²) in [6.07, 6.45) is 1.03. The number of nitrogens with one attached hydrogen (secondary N) is 1. The zero-order valence-electron chi connectivity index (χ0n) is 14.8. The number of amides is 1. The van der Waals surface area contributed by atoms with E-state index >= 15 is 0 Å². The van der Waals surface area contributed by atoms with Crippen molar-refractivity contribution in [2.75, 3.05) is 18.6 Å². The van der Waals surface area contributed by atoms with Gasteiger partial charge in [0.1, 0.15) is 11.8 Å². The van der Waals surface area contributed by atoms with Gasteiger partial charge in [0.2, 0.25) is 15.9 Å². The first kappa shape index (κ1) is 18.4. The molecule has 1 atom stereocenters. The van der Waals surface area contributed by atoms with Gasteiger partial charge in [-0.2, -0.15) is 4.72 Å². The monoisotopic (exact) mass is 374 g/mol. The van der Waals surface area contributed by atoms with Crippen LogP contribution in [0.25, 0.3) is 0 Å². The van der Waals surface area contributed by atoms with Crippen molar-refractivity contribution < 1.29 is 17.9 Å². The molecule has 1 heterocycles. The summed E-state index contributed by atoms with van der Waals surface area (Å²) in [5, 5.41) is 0. The average molecular weight is 374 g/mol. The second kappa shape index (κ2) is 7.47. The van der Waals surface area contributed by atoms with Gasteiger partial charge in [-0.05, 0) is 48.7 Å². The summed E-state index contributed by atoms with van der Waals surface area (Å²) in [4.78, 5) is 14.5. The van der Waals surface area contributed by atoms with Crippen LogP contribution in [-0.4, -0.2) is 34.0 Å². The molecule has 1 aliphatic rings. The molecule has 0 spiro atoms. The van der Waals surface area contributed by atoms with E-state index in [1.165, 1.54) is 0 Å². The van der Waals surface area contributed by atoms with Gasteiger partial charge in [0.25, 0.3) is 0 Å². The van der Waals surface area contributed by atoms with E-state index in [-0.39, 0.29) is 10.8 Å². The fourth-order valence-corrected chi connectivity index (χ4v) is 4.65. The molecule has 1 aliphatic heterocycles. The molecule has 138 valence electrons. The van der Waals surface area contributed by atoms with Crippen molar-refractivity contribution in [3.8, 4) is 5.75 Å². The van der Waals surface area contributed by atoms with Gasteiger partial charge in [-0.15, -0.1) is 0 Å². The Labute approximate surface area is 153 Å². The fraction of sp³-hybridized carbons (Fsp3) is 0.316. The number of aryl methyl sites for hydroxylation is 1. The minimum absolute atomic E-state index is 0.234. The smallest absolute Gasteiger partial charge is 0.245 e. The summed E-state index contributed by atoms with van der Waals surface area (Å²) in [6.45, 7) is 2.37. The number of rotatable bonds is 6. The quantitative estimate of drug-likeness (QED) is 0.842. The highest BCUT2D eigenvalue weighted by molar-refractivity contribution is 7.89. The van der Waals surface area contributed by atoms with Gasteiger partial charge in [-0.1, -0.05) is 25.1 Å². The molecule has 2 aromatic rings. The van der Waals surface area contributed by atoms with E-state index in [9.17, 15) is 13.2 Å². The Balaban J connectivity index is 1.77. The lowest BCUT2D eigenvalue weighted by Gasteiger charge is -2.18. The van der Waals surface area contributed by atoms with E-state index in [1.807, 2.05) is 13.0 Å². The Morgan fingerprint density at radius 3 is 2.50 bits per heavy atom. The molecule has 3 rings (SSSR count). The molecule has 1 fully saturated rings. The highest BCUT2D eigenvalue weighted by Gasteiger charge is 2.36. The zero-order valence-corrected chi connectivity index (χ0v) is 15.6. The van der Waals surface area contributed by atoms with Crippen LogP contribution in [0.2, 0.25) is 0 Å². The van der Waals surface area contributed by atoms with Crippen LogP contribution in [0.5, 0.6) is 5.75 Å². The van der Waals surface area contributed by atoms with Crippen molar-refractivity contribution in [1.82, 2.24) is 4.72 Å². The predicted molar refractivity (Wildman–Crippen MR) is 99.9 cm³/mol. The normalized spacial score (nSPS) is 17.5. The molecule has 7 heteroatoms. The summed E-state index contributed by atoms with van der Waals surface area (Å²) in [5.74, 6) is 0.460. The van der Waals surface area contributed by atoms with Crippen molar-refractivity contribution >= 4 is 21.6 Å². The Morgan fingerprint density at radius 2 is 1.85 bits per heavy atom. The van der Waals surface area contributed by atoms with Gasteiger partial charge in [0, 0.05) is 12.2 Å². The van der Waals surface area contributed by atoms with Crippen molar-refractivity contribution in [2.24, 2.45) is 0 Å². The second-order valence-corrected chi connectivity index (χ2v) is 7.79. The number of benzene rings is 2. The summed E-state index contributed by atoms with van der Waals surface area (Å²) < 4.78 is 33.2. The minimum atomic E-state index is -3.75. The largest absolute Gasteiger partial charge is 0.497 e. The van der Waals surface area contributed by atoms with Crippen LogP contribution in [0.1, 0.15) is 18.9 Å². The van der Waals surface area contributed by atoms with Crippen molar-refractivity contribution in [3.63, 3.8) is 0 Å². The van der Waals surface area contributed by atoms with Crippen LogP contribution in [-0.2, 0) is 21.2 Å². The van der Waals surface area contributed by atoms with E-state index in [4.69, 9.17) is 4.74 Å². The first-order valence-electron chi connectivity index (χ1n) is 8.52. The Morgan fingerprint density at radius 1 is 1.15 bits per heavy atom. The third-order valence-electron chi connectivity index (χ3n) is 4.53. The molecule has 0 radical (unpaired) electrons. The van der Waals surface area contributed by atoms with Gasteiger partial charge in [-0.25, -0.2) is 8.42 Å². The molecule has 0 bridgehead atoms. The molecular formula is C19H22N2O4S. The number of carbonyl (C=O) groups is 1. The third kappa shape index (κ3) is 3.59. The van der Waals surface area contributed by atoms with Gasteiger partial charge in [-0.3, -0.25) is 4.79 Å². The summed E-state index contributed by atoms with van der Waals surface area (Å²) in [6, 6.07) is 13.2. The molecule has 0 aliphatic carbocycles. The van der Waals surface area contributed by atoms with Crippen molar-refractivity contribution in [1.29, 1.82) is 0 Å². The number of anilines is 1. The number of ether oxygens (including phenoxy) is 1. The van der Waals surface area contributed by atoms with Gasteiger partial charge >= 0.3 is 0 Å². The highest BCUT2D eigenvalue weighted by atomic mass is 32.2. The number of hydrogen-bond acceptors (Lipinski definition) is 4. The summed E-state index contributed by atoms with van der Waals surface area (Å²) in [7, 11) is -2.17. The Hall–Kier alpha value is -2.38. The van der Waals surface area contributed by atoms with E-state index in [1.54, 1.807) is 54.5 Å². The lowest BCUT2D eigenvalue weighted by Crippen LogP contribution is -2.41. The van der Waals surface area contributed by atoms with Crippen LogP contribution >= 0.6 is 0 Å². The number of hydrogen-bond donors (Lipinski definition) is 1. The van der Waals surface area contributed by atoms with Crippen molar-refractivity contribution in [2.45, 2.75) is 30.7 Å². The summed E-state index contributed by atoms with van der Waals surface area (Å²) >= 11 is 0. The molecule has 0 unspecified atom stereocenters. The molecule has 6 nitrogen and oxygen atoms in total. The number of nitrogens with zero attached hydrogens (tertiary/aromatic N) is 1. The van der Waals surface area contributed by atoms with Crippen LogP contribution < -0.4 is 14.4 Å². The maximum Gasteiger partial charge on any atom is 0.245 e. The lowest BCUT2D eigenvalue weighted by molar-refractivity contribution is -0.118. The average Bonchev–Trinajstić information content (AvgIpc) is 3.01. The van der Waals surface area contributed by atoms with Gasteiger partial charge < -0.3 is 9.64 Å². The van der Waals surface area contributed by atoms with E-state index in [0.717, 1.165) is 11.3 Å². The van der Waals surface area contributed by atoms with Crippen LogP contribution in [0.3, 0.4) is 0 Å². The van der Waals surface area contributed by atoms with E-state index in [0.29, 0.717) is 25.1 Å². The molecule has 0 saturated carbocycles. The highest BCUT2D eigenvalue weighted by Crippen LogP contribution is 2.25. The number of sulfonamides is 1. The van der Waals surface area contributed by atoms with Crippen LogP contribution in [0.15, 0.2) is 53.4 Å². The number of carbonyl (C=O) groups excluding carboxylic acids is 1. The van der Waals surface area contributed by atoms with E-state index in [2.05, 4.69) is 4.72 Å². The first-order chi connectivity index (χ1) is 12.5. The number of methoxy groups -OCH3 is 1. The summed E-state index contributed by atoms with van der Waals surface area (Å²) in [5.41, 5.74) is 1.46. The molecule has 1 N–H and O–H groups in total. The zero-order chi connectivity index (χ0) is 18.7. The molecular weight excluding hydrogens is 352 g/mol. The molecule has 26 heavy (non-hydrogen) atoms. The van der Waals surface area contributed by atoms with Crippen molar-refractivity contribution in [3.05, 3.63) is 54.1 Å². The maximum absolute atomic E-state index is 12.7. The van der Waals surface area contributed by atoms with Gasteiger partial charge in [0.05, 0.1) is 12.0 Å². The predicted octanol–water partition coefficient (Wildman–Crippen LogP) is 2.34. The van der Waals surface area contributed by atoms with E-state index < -0.39 is 16.1 Å². The second-order valence-electron chi connectivity index (χ2n) is 6.11. The molecule has 1 amide bonds. The molecule has 0 aromatic heterocycles. The fourth-order valence-electron chi connectivity index (χ4n) is 3.12. The lowest BCUT2D eigenvalue weighted by atomic mass is 10.2. The molecule has 2 aromatic carbocycles. The SMILES string of the molecule is CCc1ccccc1S(=O)(=O)N[C@H]1CCN(c2ccc(OC)cc2)C1=O. The Kier molecular flexibility index (Phi) is 5.29. The van der Waals surface area contributed by atoms with Crippen LogP contribution in [0.4, 0.5) is 5.69 Å². The Bertz CT molecular complexity index is 894. The topological polar surface area (TPSA) is 75.7 Å². The molecule has 1 saturated heterocycles.